The van der Waals surface area contributed by atoms with Crippen LogP contribution in [0.25, 0.3) is 0 Å². The summed E-state index contributed by atoms with van der Waals surface area (Å²) in [6.45, 7) is 14.9. The van der Waals surface area contributed by atoms with E-state index in [4.69, 9.17) is 0 Å². The molecule has 1 N–H and O–H groups in total. The lowest BCUT2D eigenvalue weighted by atomic mass is 9.80. The Labute approximate surface area is 113 Å². The summed E-state index contributed by atoms with van der Waals surface area (Å²) in [4.78, 5) is 0. The van der Waals surface area contributed by atoms with E-state index in [1.807, 2.05) is 0 Å². The highest BCUT2D eigenvalue weighted by Gasteiger charge is 2.24. The molecule has 1 aromatic carbocycles. The summed E-state index contributed by atoms with van der Waals surface area (Å²) in [7, 11) is 0. The van der Waals surface area contributed by atoms with Gasteiger partial charge in [0, 0.05) is 12.6 Å². The van der Waals surface area contributed by atoms with Gasteiger partial charge in [0.1, 0.15) is 0 Å². The molecule has 0 saturated carbocycles. The number of benzene rings is 1. The maximum Gasteiger partial charge on any atom is 0.0343 e. The summed E-state index contributed by atoms with van der Waals surface area (Å²) < 4.78 is 0. The van der Waals surface area contributed by atoms with Crippen molar-refractivity contribution in [2.75, 3.05) is 6.54 Å². The van der Waals surface area contributed by atoms with E-state index >= 15 is 0 Å². The highest BCUT2D eigenvalue weighted by Crippen LogP contribution is 2.28. The molecular formula is C17H29N. The van der Waals surface area contributed by atoms with Crippen LogP contribution in [-0.2, 0) is 0 Å². The predicted octanol–water partition coefficient (Wildman–Crippen LogP) is 4.66. The summed E-state index contributed by atoms with van der Waals surface area (Å²) in [5.74, 6) is 1.30. The quantitative estimate of drug-likeness (QED) is 0.771. The van der Waals surface area contributed by atoms with E-state index in [9.17, 15) is 0 Å². The maximum absolute atomic E-state index is 3.76. The van der Waals surface area contributed by atoms with Gasteiger partial charge in [-0.2, -0.15) is 0 Å². The van der Waals surface area contributed by atoms with Crippen molar-refractivity contribution in [3.8, 4) is 0 Å². The van der Waals surface area contributed by atoms with Gasteiger partial charge in [-0.3, -0.25) is 0 Å². The molecule has 1 unspecified atom stereocenters. The average Bonchev–Trinajstić information content (AvgIpc) is 2.29. The third-order valence-corrected chi connectivity index (χ3v) is 4.17. The van der Waals surface area contributed by atoms with Crippen molar-refractivity contribution >= 4 is 0 Å². The first-order valence-corrected chi connectivity index (χ1v) is 7.13. The second-order valence-electron chi connectivity index (χ2n) is 6.66. The van der Waals surface area contributed by atoms with Crippen LogP contribution in [-0.4, -0.2) is 6.54 Å². The van der Waals surface area contributed by atoms with Crippen LogP contribution < -0.4 is 5.32 Å². The standard InChI is InChI=1S/C17H29N/c1-13(2)16(15-10-8-7-9-11-15)18-12-17(5,6)14(3)4/h7-11,13-14,16,18H,12H2,1-6H3. The molecule has 0 amide bonds. The second-order valence-corrected chi connectivity index (χ2v) is 6.66. The van der Waals surface area contributed by atoms with Crippen LogP contribution in [0, 0.1) is 17.3 Å². The van der Waals surface area contributed by atoms with Crippen molar-refractivity contribution in [3.05, 3.63) is 35.9 Å². The van der Waals surface area contributed by atoms with Gasteiger partial charge in [-0.1, -0.05) is 71.9 Å². The lowest BCUT2D eigenvalue weighted by Crippen LogP contribution is -2.37. The minimum Gasteiger partial charge on any atom is -0.309 e. The first-order valence-electron chi connectivity index (χ1n) is 7.13. The fourth-order valence-electron chi connectivity index (χ4n) is 1.98. The molecular weight excluding hydrogens is 218 g/mol. The van der Waals surface area contributed by atoms with Gasteiger partial charge < -0.3 is 5.32 Å². The zero-order valence-corrected chi connectivity index (χ0v) is 12.8. The van der Waals surface area contributed by atoms with Crippen LogP contribution in [0.3, 0.4) is 0 Å². The Morgan fingerprint density at radius 1 is 1.00 bits per heavy atom. The Hall–Kier alpha value is -0.820. The summed E-state index contributed by atoms with van der Waals surface area (Å²) in [6.07, 6.45) is 0. The van der Waals surface area contributed by atoms with E-state index in [-0.39, 0.29) is 0 Å². The van der Waals surface area contributed by atoms with E-state index in [0.717, 1.165) is 6.54 Å². The molecule has 0 aliphatic heterocycles. The summed E-state index contributed by atoms with van der Waals surface area (Å²) >= 11 is 0. The molecule has 0 heterocycles. The third-order valence-electron chi connectivity index (χ3n) is 4.17. The molecule has 1 rings (SSSR count). The number of rotatable bonds is 6. The van der Waals surface area contributed by atoms with Crippen LogP contribution >= 0.6 is 0 Å². The SMILES string of the molecule is CC(C)C(NCC(C)(C)C(C)C)c1ccccc1. The average molecular weight is 247 g/mol. The highest BCUT2D eigenvalue weighted by atomic mass is 14.9. The largest absolute Gasteiger partial charge is 0.309 e. The van der Waals surface area contributed by atoms with E-state index in [1.54, 1.807) is 0 Å². The Balaban J connectivity index is 2.72. The molecule has 0 aromatic heterocycles. The second kappa shape index (κ2) is 6.38. The summed E-state index contributed by atoms with van der Waals surface area (Å²) in [5.41, 5.74) is 1.73. The molecule has 1 aromatic rings. The van der Waals surface area contributed by atoms with Crippen LogP contribution in [0.15, 0.2) is 30.3 Å². The van der Waals surface area contributed by atoms with Crippen LogP contribution in [0.1, 0.15) is 53.1 Å². The molecule has 0 radical (unpaired) electrons. The van der Waals surface area contributed by atoms with Crippen LogP contribution in [0.2, 0.25) is 0 Å². The van der Waals surface area contributed by atoms with Crippen molar-refractivity contribution < 1.29 is 0 Å². The molecule has 18 heavy (non-hydrogen) atoms. The van der Waals surface area contributed by atoms with E-state index in [0.29, 0.717) is 23.3 Å². The topological polar surface area (TPSA) is 12.0 Å². The first-order chi connectivity index (χ1) is 8.34. The molecule has 1 nitrogen and oxygen atoms in total. The fraction of sp³-hybridized carbons (Fsp3) is 0.647. The normalized spacial score (nSPS) is 14.2. The van der Waals surface area contributed by atoms with E-state index in [2.05, 4.69) is 77.2 Å². The van der Waals surface area contributed by atoms with Crippen LogP contribution in [0.5, 0.6) is 0 Å². The summed E-state index contributed by atoms with van der Waals surface area (Å²) in [6, 6.07) is 11.2. The van der Waals surface area contributed by atoms with Crippen molar-refractivity contribution in [2.24, 2.45) is 17.3 Å². The van der Waals surface area contributed by atoms with Gasteiger partial charge in [-0.05, 0) is 22.8 Å². The van der Waals surface area contributed by atoms with Gasteiger partial charge in [0.15, 0.2) is 0 Å². The molecule has 102 valence electrons. The zero-order valence-electron chi connectivity index (χ0n) is 12.8. The van der Waals surface area contributed by atoms with Gasteiger partial charge in [-0.15, -0.1) is 0 Å². The van der Waals surface area contributed by atoms with Gasteiger partial charge in [0.2, 0.25) is 0 Å². The smallest absolute Gasteiger partial charge is 0.0343 e. The Morgan fingerprint density at radius 3 is 2.00 bits per heavy atom. The Bertz CT molecular complexity index is 338. The Morgan fingerprint density at radius 2 is 1.56 bits per heavy atom. The molecule has 0 spiro atoms. The monoisotopic (exact) mass is 247 g/mol. The maximum atomic E-state index is 3.76. The number of nitrogens with one attached hydrogen (secondary N) is 1. The van der Waals surface area contributed by atoms with Gasteiger partial charge >= 0.3 is 0 Å². The minimum atomic E-state index is 0.335. The molecule has 1 heteroatoms. The van der Waals surface area contributed by atoms with Crippen LogP contribution in [0.4, 0.5) is 0 Å². The third kappa shape index (κ3) is 4.13. The summed E-state index contributed by atoms with van der Waals surface area (Å²) in [5, 5.41) is 3.76. The molecule has 1 atom stereocenters. The van der Waals surface area contributed by atoms with Crippen molar-refractivity contribution in [1.29, 1.82) is 0 Å². The molecule has 0 fully saturated rings. The number of hydrogen-bond acceptors (Lipinski definition) is 1. The van der Waals surface area contributed by atoms with Gasteiger partial charge in [0.25, 0.3) is 0 Å². The van der Waals surface area contributed by atoms with Crippen molar-refractivity contribution in [3.63, 3.8) is 0 Å². The lowest BCUT2D eigenvalue weighted by molar-refractivity contribution is 0.218. The zero-order chi connectivity index (χ0) is 13.8. The molecule has 0 saturated heterocycles. The number of hydrogen-bond donors (Lipinski definition) is 1. The molecule has 0 aliphatic carbocycles. The minimum absolute atomic E-state index is 0.335. The fourth-order valence-corrected chi connectivity index (χ4v) is 1.98. The molecule has 0 bridgehead atoms. The van der Waals surface area contributed by atoms with E-state index in [1.165, 1.54) is 5.56 Å². The highest BCUT2D eigenvalue weighted by molar-refractivity contribution is 5.19. The van der Waals surface area contributed by atoms with Gasteiger partial charge in [0.05, 0.1) is 0 Å². The predicted molar refractivity (Wildman–Crippen MR) is 80.6 cm³/mol. The lowest BCUT2D eigenvalue weighted by Gasteiger charge is -2.33. The molecule has 0 aliphatic rings. The first kappa shape index (κ1) is 15.2. The van der Waals surface area contributed by atoms with Gasteiger partial charge in [-0.25, -0.2) is 0 Å². The van der Waals surface area contributed by atoms with E-state index < -0.39 is 0 Å². The van der Waals surface area contributed by atoms with Crippen molar-refractivity contribution in [2.45, 2.75) is 47.6 Å². The Kier molecular flexibility index (Phi) is 5.40. The van der Waals surface area contributed by atoms with Crippen molar-refractivity contribution in [1.82, 2.24) is 5.32 Å².